The van der Waals surface area contributed by atoms with Gasteiger partial charge in [-0.15, -0.1) is 0 Å². The van der Waals surface area contributed by atoms with Crippen LogP contribution in [-0.2, 0) is 6.54 Å². The van der Waals surface area contributed by atoms with Crippen molar-refractivity contribution >= 4 is 11.4 Å². The SMILES string of the molecule is Cc1cc(C)c(Nc2cccc(CN)c2)c(C)c1. The number of nitrogens with one attached hydrogen (secondary N) is 1. The zero-order chi connectivity index (χ0) is 13.1. The molecule has 0 heterocycles. The third-order valence-corrected chi connectivity index (χ3v) is 3.11. The molecule has 0 unspecified atom stereocenters. The first-order chi connectivity index (χ1) is 8.60. The Kier molecular flexibility index (Phi) is 3.68. The third-order valence-electron chi connectivity index (χ3n) is 3.11. The van der Waals surface area contributed by atoms with Crippen molar-refractivity contribution < 1.29 is 0 Å². The standard InChI is InChI=1S/C16H20N2/c1-11-7-12(2)16(13(3)8-11)18-15-6-4-5-14(9-15)10-17/h4-9,18H,10,17H2,1-3H3. The van der Waals surface area contributed by atoms with Crippen LogP contribution in [-0.4, -0.2) is 0 Å². The highest BCUT2D eigenvalue weighted by Crippen LogP contribution is 2.26. The van der Waals surface area contributed by atoms with E-state index in [9.17, 15) is 0 Å². The molecule has 0 atom stereocenters. The van der Waals surface area contributed by atoms with Crippen LogP contribution < -0.4 is 11.1 Å². The lowest BCUT2D eigenvalue weighted by Gasteiger charge is -2.14. The molecule has 0 spiro atoms. The molecule has 18 heavy (non-hydrogen) atoms. The van der Waals surface area contributed by atoms with Crippen molar-refractivity contribution in [3.05, 3.63) is 58.7 Å². The van der Waals surface area contributed by atoms with Gasteiger partial charge in [0.1, 0.15) is 0 Å². The van der Waals surface area contributed by atoms with E-state index in [4.69, 9.17) is 5.73 Å². The fraction of sp³-hybridized carbons (Fsp3) is 0.250. The highest BCUT2D eigenvalue weighted by Gasteiger charge is 2.04. The number of hydrogen-bond acceptors (Lipinski definition) is 2. The first-order valence-corrected chi connectivity index (χ1v) is 6.24. The smallest absolute Gasteiger partial charge is 0.0443 e. The van der Waals surface area contributed by atoms with Crippen molar-refractivity contribution in [2.45, 2.75) is 27.3 Å². The summed E-state index contributed by atoms with van der Waals surface area (Å²) in [6.07, 6.45) is 0. The Balaban J connectivity index is 2.33. The molecule has 2 aromatic carbocycles. The summed E-state index contributed by atoms with van der Waals surface area (Å²) in [6.45, 7) is 6.96. The minimum Gasteiger partial charge on any atom is -0.355 e. The lowest BCUT2D eigenvalue weighted by Crippen LogP contribution is -2.00. The zero-order valence-electron chi connectivity index (χ0n) is 11.2. The van der Waals surface area contributed by atoms with E-state index in [1.165, 1.54) is 22.4 Å². The molecule has 2 heteroatoms. The van der Waals surface area contributed by atoms with Gasteiger partial charge in [-0.2, -0.15) is 0 Å². The van der Waals surface area contributed by atoms with Crippen molar-refractivity contribution in [2.24, 2.45) is 5.73 Å². The first kappa shape index (κ1) is 12.7. The summed E-state index contributed by atoms with van der Waals surface area (Å²) in [5.41, 5.74) is 12.9. The van der Waals surface area contributed by atoms with E-state index in [0.717, 1.165) is 11.3 Å². The Morgan fingerprint density at radius 2 is 1.67 bits per heavy atom. The second-order valence-electron chi connectivity index (χ2n) is 4.80. The van der Waals surface area contributed by atoms with Crippen LogP contribution in [0.3, 0.4) is 0 Å². The highest BCUT2D eigenvalue weighted by molar-refractivity contribution is 5.67. The molecular weight excluding hydrogens is 220 g/mol. The molecule has 3 N–H and O–H groups in total. The average Bonchev–Trinajstić information content (AvgIpc) is 2.34. The van der Waals surface area contributed by atoms with Gasteiger partial charge in [0.15, 0.2) is 0 Å². The largest absolute Gasteiger partial charge is 0.355 e. The maximum atomic E-state index is 5.66. The maximum absolute atomic E-state index is 5.66. The Labute approximate surface area is 109 Å². The molecule has 0 aliphatic rings. The van der Waals surface area contributed by atoms with Gasteiger partial charge in [0.2, 0.25) is 0 Å². The molecule has 0 saturated heterocycles. The van der Waals surface area contributed by atoms with E-state index in [2.05, 4.69) is 50.4 Å². The van der Waals surface area contributed by atoms with Crippen molar-refractivity contribution in [3.63, 3.8) is 0 Å². The van der Waals surface area contributed by atoms with Crippen molar-refractivity contribution in [3.8, 4) is 0 Å². The van der Waals surface area contributed by atoms with E-state index >= 15 is 0 Å². The van der Waals surface area contributed by atoms with E-state index < -0.39 is 0 Å². The molecule has 94 valence electrons. The molecule has 2 rings (SSSR count). The molecule has 0 saturated carbocycles. The summed E-state index contributed by atoms with van der Waals surface area (Å²) in [6, 6.07) is 12.6. The van der Waals surface area contributed by atoms with Crippen LogP contribution in [0.5, 0.6) is 0 Å². The van der Waals surface area contributed by atoms with Crippen molar-refractivity contribution in [2.75, 3.05) is 5.32 Å². The second-order valence-corrected chi connectivity index (χ2v) is 4.80. The quantitative estimate of drug-likeness (QED) is 0.856. The molecule has 0 radical (unpaired) electrons. The molecule has 0 aliphatic carbocycles. The van der Waals surface area contributed by atoms with Gasteiger partial charge in [0.25, 0.3) is 0 Å². The summed E-state index contributed by atoms with van der Waals surface area (Å²) in [5.74, 6) is 0. The van der Waals surface area contributed by atoms with Crippen LogP contribution in [0, 0.1) is 20.8 Å². The molecule has 0 bridgehead atoms. The number of anilines is 2. The molecule has 0 fully saturated rings. The number of nitrogens with two attached hydrogens (primary N) is 1. The van der Waals surface area contributed by atoms with Crippen LogP contribution in [0.4, 0.5) is 11.4 Å². The van der Waals surface area contributed by atoms with Gasteiger partial charge in [-0.1, -0.05) is 29.8 Å². The van der Waals surface area contributed by atoms with Gasteiger partial charge in [0, 0.05) is 17.9 Å². The Morgan fingerprint density at radius 3 is 2.28 bits per heavy atom. The minimum atomic E-state index is 0.571. The fourth-order valence-corrected chi connectivity index (χ4v) is 2.30. The van der Waals surface area contributed by atoms with Gasteiger partial charge in [-0.05, 0) is 49.6 Å². The predicted molar refractivity (Wildman–Crippen MR) is 78.3 cm³/mol. The van der Waals surface area contributed by atoms with Crippen molar-refractivity contribution in [1.29, 1.82) is 0 Å². The van der Waals surface area contributed by atoms with Crippen LogP contribution in [0.25, 0.3) is 0 Å². The van der Waals surface area contributed by atoms with Crippen molar-refractivity contribution in [1.82, 2.24) is 0 Å². The Bertz CT molecular complexity index is 536. The fourth-order valence-electron chi connectivity index (χ4n) is 2.30. The van der Waals surface area contributed by atoms with Gasteiger partial charge < -0.3 is 11.1 Å². The molecule has 2 nitrogen and oxygen atoms in total. The van der Waals surface area contributed by atoms with E-state index in [0.29, 0.717) is 6.54 Å². The Hall–Kier alpha value is -1.80. The maximum Gasteiger partial charge on any atom is 0.0443 e. The van der Waals surface area contributed by atoms with Gasteiger partial charge in [0.05, 0.1) is 0 Å². The third kappa shape index (κ3) is 2.71. The summed E-state index contributed by atoms with van der Waals surface area (Å²) in [4.78, 5) is 0. The monoisotopic (exact) mass is 240 g/mol. The average molecular weight is 240 g/mol. The zero-order valence-corrected chi connectivity index (χ0v) is 11.2. The summed E-state index contributed by atoms with van der Waals surface area (Å²) >= 11 is 0. The van der Waals surface area contributed by atoms with E-state index in [1.54, 1.807) is 0 Å². The summed E-state index contributed by atoms with van der Waals surface area (Å²) in [5, 5.41) is 3.49. The molecular formula is C16H20N2. The second kappa shape index (κ2) is 5.23. The lowest BCUT2D eigenvalue weighted by molar-refractivity contribution is 1.07. The van der Waals surface area contributed by atoms with Gasteiger partial charge in [-0.25, -0.2) is 0 Å². The number of hydrogen-bond donors (Lipinski definition) is 2. The predicted octanol–water partition coefficient (Wildman–Crippen LogP) is 3.81. The molecule has 2 aromatic rings. The van der Waals surface area contributed by atoms with Gasteiger partial charge in [-0.3, -0.25) is 0 Å². The highest BCUT2D eigenvalue weighted by atomic mass is 14.9. The lowest BCUT2D eigenvalue weighted by atomic mass is 10.0. The molecule has 0 aromatic heterocycles. The number of benzene rings is 2. The van der Waals surface area contributed by atoms with Crippen LogP contribution >= 0.6 is 0 Å². The van der Waals surface area contributed by atoms with Crippen LogP contribution in [0.15, 0.2) is 36.4 Å². The minimum absolute atomic E-state index is 0.571. The molecule has 0 amide bonds. The number of rotatable bonds is 3. The normalized spacial score (nSPS) is 10.4. The summed E-state index contributed by atoms with van der Waals surface area (Å²) < 4.78 is 0. The van der Waals surface area contributed by atoms with E-state index in [-0.39, 0.29) is 0 Å². The molecule has 0 aliphatic heterocycles. The summed E-state index contributed by atoms with van der Waals surface area (Å²) in [7, 11) is 0. The first-order valence-electron chi connectivity index (χ1n) is 6.24. The topological polar surface area (TPSA) is 38.0 Å². The number of aryl methyl sites for hydroxylation is 3. The van der Waals surface area contributed by atoms with E-state index in [1.807, 2.05) is 12.1 Å². The van der Waals surface area contributed by atoms with Crippen LogP contribution in [0.1, 0.15) is 22.3 Å². The van der Waals surface area contributed by atoms with Gasteiger partial charge >= 0.3 is 0 Å². The van der Waals surface area contributed by atoms with Crippen LogP contribution in [0.2, 0.25) is 0 Å². The Morgan fingerprint density at radius 1 is 1.00 bits per heavy atom.